The second-order valence-corrected chi connectivity index (χ2v) is 4.98. The molecule has 1 N–H and O–H groups in total. The number of likely N-dealkylation sites (tertiary alicyclic amines) is 1. The van der Waals surface area contributed by atoms with E-state index >= 15 is 0 Å². The molecule has 1 rings (SSSR count). The van der Waals surface area contributed by atoms with Crippen molar-refractivity contribution in [3.63, 3.8) is 0 Å². The molecule has 1 heterocycles. The van der Waals surface area contributed by atoms with Crippen LogP contribution in [-0.4, -0.2) is 50.8 Å². The minimum absolute atomic E-state index is 0.487. The van der Waals surface area contributed by atoms with E-state index in [0.29, 0.717) is 6.04 Å². The van der Waals surface area contributed by atoms with Crippen molar-refractivity contribution in [3.05, 3.63) is 0 Å². The first-order valence-electron chi connectivity index (χ1n) is 6.71. The van der Waals surface area contributed by atoms with Crippen LogP contribution in [0.2, 0.25) is 0 Å². The van der Waals surface area contributed by atoms with Gasteiger partial charge < -0.3 is 15.0 Å². The lowest BCUT2D eigenvalue weighted by Gasteiger charge is -2.31. The van der Waals surface area contributed by atoms with Crippen LogP contribution in [0.15, 0.2) is 0 Å². The molecule has 0 amide bonds. The lowest BCUT2D eigenvalue weighted by molar-refractivity contribution is 0.165. The number of nitrogens with zero attached hydrogens (tertiary/aromatic N) is 1. The minimum atomic E-state index is 0.487. The molecule has 1 atom stereocenters. The molecule has 3 nitrogen and oxygen atoms in total. The molecule has 1 saturated heterocycles. The van der Waals surface area contributed by atoms with Crippen molar-refractivity contribution in [2.45, 2.75) is 39.2 Å². The lowest BCUT2D eigenvalue weighted by Crippen LogP contribution is -2.36. The summed E-state index contributed by atoms with van der Waals surface area (Å²) < 4.78 is 5.11. The average Bonchev–Trinajstić information content (AvgIpc) is 2.30. The Labute approximate surface area is 101 Å². The Morgan fingerprint density at radius 1 is 1.38 bits per heavy atom. The number of piperidine rings is 1. The highest BCUT2D eigenvalue weighted by Crippen LogP contribution is 2.19. The Morgan fingerprint density at radius 3 is 2.62 bits per heavy atom. The molecule has 0 radical (unpaired) electrons. The Morgan fingerprint density at radius 2 is 2.06 bits per heavy atom. The third-order valence-electron chi connectivity index (χ3n) is 3.62. The second kappa shape index (κ2) is 8.04. The van der Waals surface area contributed by atoms with Crippen LogP contribution >= 0.6 is 0 Å². The Kier molecular flexibility index (Phi) is 7.01. The molecule has 16 heavy (non-hydrogen) atoms. The fraction of sp³-hybridized carbons (Fsp3) is 1.00. The Balaban J connectivity index is 2.02. The van der Waals surface area contributed by atoms with Crippen LogP contribution in [-0.2, 0) is 4.74 Å². The van der Waals surface area contributed by atoms with Gasteiger partial charge in [0.1, 0.15) is 0 Å². The van der Waals surface area contributed by atoms with Crippen molar-refractivity contribution in [1.29, 1.82) is 0 Å². The third-order valence-corrected chi connectivity index (χ3v) is 3.62. The van der Waals surface area contributed by atoms with Crippen molar-refractivity contribution in [2.75, 3.05) is 39.9 Å². The van der Waals surface area contributed by atoms with Gasteiger partial charge in [-0.05, 0) is 58.3 Å². The molecular weight excluding hydrogens is 200 g/mol. The first-order valence-corrected chi connectivity index (χ1v) is 6.71. The predicted octanol–water partition coefficient (Wildman–Crippen LogP) is 1.73. The van der Waals surface area contributed by atoms with E-state index in [1.54, 1.807) is 7.11 Å². The monoisotopic (exact) mass is 228 g/mol. The fourth-order valence-electron chi connectivity index (χ4n) is 2.43. The number of ether oxygens (including phenoxy) is 1. The van der Waals surface area contributed by atoms with E-state index in [4.69, 9.17) is 4.74 Å². The minimum Gasteiger partial charge on any atom is -0.383 e. The van der Waals surface area contributed by atoms with Crippen LogP contribution < -0.4 is 5.32 Å². The molecule has 0 aromatic carbocycles. The van der Waals surface area contributed by atoms with Gasteiger partial charge in [0.05, 0.1) is 6.61 Å². The molecule has 0 aliphatic carbocycles. The standard InChI is InChI=1S/C13H28N2O/c1-4-15-9-6-13(7-10-15)5-8-14-12(2)11-16-3/h12-14H,4-11H2,1-3H3/t12-/m0/s1. The van der Waals surface area contributed by atoms with Crippen molar-refractivity contribution in [1.82, 2.24) is 10.2 Å². The van der Waals surface area contributed by atoms with Gasteiger partial charge in [-0.15, -0.1) is 0 Å². The van der Waals surface area contributed by atoms with Gasteiger partial charge >= 0.3 is 0 Å². The fourth-order valence-corrected chi connectivity index (χ4v) is 2.43. The summed E-state index contributed by atoms with van der Waals surface area (Å²) in [5.74, 6) is 0.935. The van der Waals surface area contributed by atoms with Crippen LogP contribution in [0.3, 0.4) is 0 Å². The highest BCUT2D eigenvalue weighted by molar-refractivity contribution is 4.72. The predicted molar refractivity (Wildman–Crippen MR) is 68.8 cm³/mol. The van der Waals surface area contributed by atoms with Gasteiger partial charge in [-0.1, -0.05) is 6.92 Å². The summed E-state index contributed by atoms with van der Waals surface area (Å²) in [6.07, 6.45) is 4.09. The summed E-state index contributed by atoms with van der Waals surface area (Å²) in [6, 6.07) is 0.487. The molecule has 0 aromatic heterocycles. The summed E-state index contributed by atoms with van der Waals surface area (Å²) in [5.41, 5.74) is 0. The molecule has 1 aliphatic heterocycles. The zero-order valence-electron chi connectivity index (χ0n) is 11.2. The molecule has 0 bridgehead atoms. The number of methoxy groups -OCH3 is 1. The zero-order valence-corrected chi connectivity index (χ0v) is 11.2. The van der Waals surface area contributed by atoms with E-state index in [1.807, 2.05) is 0 Å². The quantitative estimate of drug-likeness (QED) is 0.718. The number of hydrogen-bond donors (Lipinski definition) is 1. The summed E-state index contributed by atoms with van der Waals surface area (Å²) in [4.78, 5) is 2.55. The van der Waals surface area contributed by atoms with E-state index in [2.05, 4.69) is 24.1 Å². The lowest BCUT2D eigenvalue weighted by atomic mass is 9.93. The highest BCUT2D eigenvalue weighted by Gasteiger charge is 2.17. The van der Waals surface area contributed by atoms with Gasteiger partial charge in [-0.2, -0.15) is 0 Å². The third kappa shape index (κ3) is 5.28. The van der Waals surface area contributed by atoms with Crippen molar-refractivity contribution in [2.24, 2.45) is 5.92 Å². The zero-order chi connectivity index (χ0) is 11.8. The molecule has 0 unspecified atom stereocenters. The summed E-state index contributed by atoms with van der Waals surface area (Å²) in [5, 5.41) is 3.52. The Bertz CT molecular complexity index is 167. The molecule has 1 aliphatic rings. The van der Waals surface area contributed by atoms with E-state index in [9.17, 15) is 0 Å². The average molecular weight is 228 g/mol. The number of rotatable bonds is 7. The largest absolute Gasteiger partial charge is 0.383 e. The molecule has 3 heteroatoms. The van der Waals surface area contributed by atoms with E-state index in [0.717, 1.165) is 19.1 Å². The van der Waals surface area contributed by atoms with Gasteiger partial charge in [-0.3, -0.25) is 0 Å². The van der Waals surface area contributed by atoms with Crippen molar-refractivity contribution >= 4 is 0 Å². The van der Waals surface area contributed by atoms with Crippen LogP contribution in [0.5, 0.6) is 0 Å². The molecule has 96 valence electrons. The number of hydrogen-bond acceptors (Lipinski definition) is 3. The normalized spacial score (nSPS) is 21.2. The van der Waals surface area contributed by atoms with E-state index in [-0.39, 0.29) is 0 Å². The molecular formula is C13H28N2O. The summed E-state index contributed by atoms with van der Waals surface area (Å²) in [7, 11) is 1.76. The van der Waals surface area contributed by atoms with E-state index in [1.165, 1.54) is 38.9 Å². The first kappa shape index (κ1) is 13.9. The summed E-state index contributed by atoms with van der Waals surface area (Å²) >= 11 is 0. The van der Waals surface area contributed by atoms with Gasteiger partial charge in [0.25, 0.3) is 0 Å². The molecule has 0 saturated carbocycles. The van der Waals surface area contributed by atoms with Crippen LogP contribution in [0.4, 0.5) is 0 Å². The topological polar surface area (TPSA) is 24.5 Å². The van der Waals surface area contributed by atoms with Crippen LogP contribution in [0.1, 0.15) is 33.1 Å². The maximum absolute atomic E-state index is 5.11. The SMILES string of the molecule is CCN1CCC(CCN[C@@H](C)COC)CC1. The highest BCUT2D eigenvalue weighted by atomic mass is 16.5. The van der Waals surface area contributed by atoms with Gasteiger partial charge in [0.2, 0.25) is 0 Å². The Hall–Kier alpha value is -0.120. The van der Waals surface area contributed by atoms with E-state index < -0.39 is 0 Å². The van der Waals surface area contributed by atoms with Gasteiger partial charge in [-0.25, -0.2) is 0 Å². The van der Waals surface area contributed by atoms with Crippen LogP contribution in [0.25, 0.3) is 0 Å². The first-order chi connectivity index (χ1) is 7.76. The second-order valence-electron chi connectivity index (χ2n) is 4.98. The van der Waals surface area contributed by atoms with Gasteiger partial charge in [0, 0.05) is 13.2 Å². The smallest absolute Gasteiger partial charge is 0.0613 e. The maximum atomic E-state index is 5.11. The molecule has 0 aromatic rings. The molecule has 0 spiro atoms. The molecule has 1 fully saturated rings. The van der Waals surface area contributed by atoms with Crippen molar-refractivity contribution < 1.29 is 4.74 Å². The summed E-state index contributed by atoms with van der Waals surface area (Å²) in [6.45, 7) is 10.2. The van der Waals surface area contributed by atoms with Gasteiger partial charge in [0.15, 0.2) is 0 Å². The van der Waals surface area contributed by atoms with Crippen LogP contribution in [0, 0.1) is 5.92 Å². The number of nitrogens with one attached hydrogen (secondary N) is 1. The maximum Gasteiger partial charge on any atom is 0.0613 e. The van der Waals surface area contributed by atoms with Crippen molar-refractivity contribution in [3.8, 4) is 0 Å².